The fourth-order valence-electron chi connectivity index (χ4n) is 2.91. The lowest BCUT2D eigenvalue weighted by molar-refractivity contribution is -0.144. The largest absolute Gasteiger partial charge is 0.405 e. The molecule has 0 spiro atoms. The second-order valence-corrected chi connectivity index (χ2v) is 8.48. The second-order valence-electron chi connectivity index (χ2n) is 7.33. The summed E-state index contributed by atoms with van der Waals surface area (Å²) in [5, 5.41) is 3.48. The van der Waals surface area contributed by atoms with Crippen molar-refractivity contribution in [2.75, 3.05) is 11.5 Å². The van der Waals surface area contributed by atoms with E-state index in [9.17, 15) is 4.79 Å². The van der Waals surface area contributed by atoms with E-state index in [0.717, 1.165) is 5.75 Å². The molecule has 0 rings (SSSR count). The van der Waals surface area contributed by atoms with Crippen LogP contribution >= 0.6 is 11.8 Å². The minimum absolute atomic E-state index is 0.505. The average molecular weight is 414 g/mol. The first-order valence-corrected chi connectivity index (χ1v) is 12.3. The topological polar surface area (TPSA) is 90.7 Å². The average Bonchev–Trinajstić information content (AvgIpc) is 2.70. The third-order valence-corrected chi connectivity index (χ3v) is 5.82. The maximum Gasteiger partial charge on any atom is 0.352 e. The first-order valence-electron chi connectivity index (χ1n) is 11.2. The number of rotatable bonds is 20. The van der Waals surface area contributed by atoms with Gasteiger partial charge in [0.25, 0.3) is 0 Å². The maximum absolute atomic E-state index is 11.6. The van der Waals surface area contributed by atoms with Crippen molar-refractivity contribution in [1.29, 1.82) is 0 Å². The molecule has 0 aromatic carbocycles. The molecule has 1 unspecified atom stereocenters. The van der Waals surface area contributed by atoms with Gasteiger partial charge in [-0.25, -0.2) is 4.79 Å². The number of unbranched alkanes of at least 4 members (excludes halogenated alkanes) is 13. The fourth-order valence-corrected chi connectivity index (χ4v) is 3.88. The van der Waals surface area contributed by atoms with E-state index in [1.54, 1.807) is 11.8 Å². The van der Waals surface area contributed by atoms with E-state index in [0.29, 0.717) is 5.75 Å². The molecule has 0 heterocycles. The summed E-state index contributed by atoms with van der Waals surface area (Å²) in [7, 11) is 0. The highest BCUT2D eigenvalue weighted by atomic mass is 32.2. The quantitative estimate of drug-likeness (QED) is 0.118. The Balaban J connectivity index is 3.27. The van der Waals surface area contributed by atoms with Crippen LogP contribution in [0.4, 0.5) is 0 Å². The van der Waals surface area contributed by atoms with Crippen LogP contribution in [0.5, 0.6) is 0 Å². The van der Waals surface area contributed by atoms with Gasteiger partial charge in [-0.1, -0.05) is 95.6 Å². The predicted molar refractivity (Wildman–Crippen MR) is 124 cm³/mol. The lowest BCUT2D eigenvalue weighted by atomic mass is 10.0. The summed E-state index contributed by atoms with van der Waals surface area (Å²) in [5.74, 6) is 1.10. The summed E-state index contributed by atoms with van der Waals surface area (Å²) < 4.78 is 0. The Morgan fingerprint density at radius 3 is 1.93 bits per heavy atom. The van der Waals surface area contributed by atoms with E-state index in [4.69, 9.17) is 11.5 Å². The number of hydrogen-bond acceptors (Lipinski definition) is 6. The Hall–Kier alpha value is -1.01. The summed E-state index contributed by atoms with van der Waals surface area (Å²) in [6.07, 6.45) is 23.2. The minimum Gasteiger partial charge on any atom is -0.405 e. The molecule has 6 heteroatoms. The van der Waals surface area contributed by atoms with E-state index in [2.05, 4.69) is 16.9 Å². The van der Waals surface area contributed by atoms with Crippen molar-refractivity contribution < 1.29 is 9.63 Å². The monoisotopic (exact) mass is 413 g/mol. The second kappa shape index (κ2) is 22.3. The molecule has 164 valence electrons. The zero-order valence-corrected chi connectivity index (χ0v) is 18.8. The van der Waals surface area contributed by atoms with Crippen LogP contribution in [0.25, 0.3) is 0 Å². The van der Waals surface area contributed by atoms with Crippen molar-refractivity contribution in [2.24, 2.45) is 16.6 Å². The number of carbonyl (C=O) groups is 1. The van der Waals surface area contributed by atoms with Crippen molar-refractivity contribution in [3.63, 3.8) is 0 Å². The molecule has 0 aromatic rings. The summed E-state index contributed by atoms with van der Waals surface area (Å²) >= 11 is 1.71. The number of carbonyl (C=O) groups excluding carboxylic acids is 1. The van der Waals surface area contributed by atoms with Gasteiger partial charge in [0.2, 0.25) is 0 Å². The molecule has 0 saturated carbocycles. The summed E-state index contributed by atoms with van der Waals surface area (Å²) in [5.41, 5.74) is 10.9. The number of allylic oxidation sites excluding steroid dienone is 1. The van der Waals surface area contributed by atoms with Crippen LogP contribution in [0, 0.1) is 0 Å². The third-order valence-electron chi connectivity index (χ3n) is 4.64. The van der Waals surface area contributed by atoms with Crippen LogP contribution in [-0.4, -0.2) is 29.7 Å². The van der Waals surface area contributed by atoms with Gasteiger partial charge >= 0.3 is 5.97 Å². The Labute approximate surface area is 177 Å². The van der Waals surface area contributed by atoms with Gasteiger partial charge in [0, 0.05) is 5.75 Å². The molecule has 0 radical (unpaired) electrons. The van der Waals surface area contributed by atoms with Crippen LogP contribution in [0.2, 0.25) is 0 Å². The Morgan fingerprint density at radius 2 is 1.43 bits per heavy atom. The van der Waals surface area contributed by atoms with E-state index in [1.165, 1.54) is 108 Å². The van der Waals surface area contributed by atoms with Crippen molar-refractivity contribution in [2.45, 2.75) is 103 Å². The molecule has 4 N–H and O–H groups in total. The Bertz CT molecular complexity index is 403. The van der Waals surface area contributed by atoms with Gasteiger partial charge in [-0.05, 0) is 24.4 Å². The van der Waals surface area contributed by atoms with Gasteiger partial charge in [0.05, 0.1) is 6.21 Å². The van der Waals surface area contributed by atoms with Gasteiger partial charge in [0.1, 0.15) is 6.04 Å². The highest BCUT2D eigenvalue weighted by Gasteiger charge is 2.14. The molecule has 0 aromatic heterocycles. The number of nitrogens with two attached hydrogens (primary N) is 2. The molecular formula is C22H43N3O2S. The fraction of sp³-hybridized carbons (Fsp3) is 0.818. The van der Waals surface area contributed by atoms with E-state index in [1.807, 2.05) is 0 Å². The van der Waals surface area contributed by atoms with Gasteiger partial charge in [-0.15, -0.1) is 0 Å². The molecule has 1 atom stereocenters. The van der Waals surface area contributed by atoms with Gasteiger partial charge in [-0.2, -0.15) is 11.8 Å². The number of thioether (sulfide) groups is 1. The van der Waals surface area contributed by atoms with Crippen molar-refractivity contribution in [1.82, 2.24) is 0 Å². The van der Waals surface area contributed by atoms with E-state index < -0.39 is 12.0 Å². The molecule has 0 bridgehead atoms. The maximum atomic E-state index is 11.6. The highest BCUT2D eigenvalue weighted by molar-refractivity contribution is 7.99. The van der Waals surface area contributed by atoms with Gasteiger partial charge < -0.3 is 16.3 Å². The zero-order chi connectivity index (χ0) is 20.7. The van der Waals surface area contributed by atoms with Crippen LogP contribution < -0.4 is 11.5 Å². The molecule has 0 aliphatic rings. The first kappa shape index (κ1) is 27.0. The predicted octanol–water partition coefficient (Wildman–Crippen LogP) is 5.53. The third kappa shape index (κ3) is 19.7. The van der Waals surface area contributed by atoms with E-state index >= 15 is 0 Å². The molecule has 0 amide bonds. The molecule has 0 saturated heterocycles. The van der Waals surface area contributed by atoms with Gasteiger partial charge in [0.15, 0.2) is 0 Å². The zero-order valence-electron chi connectivity index (χ0n) is 17.9. The number of oxime groups is 1. The van der Waals surface area contributed by atoms with E-state index in [-0.39, 0.29) is 0 Å². The summed E-state index contributed by atoms with van der Waals surface area (Å²) in [4.78, 5) is 16.2. The molecular weight excluding hydrogens is 370 g/mol. The Kier molecular flexibility index (Phi) is 21.5. The normalized spacial score (nSPS) is 12.8. The van der Waals surface area contributed by atoms with Crippen LogP contribution in [0.15, 0.2) is 17.4 Å². The van der Waals surface area contributed by atoms with Crippen molar-refractivity contribution in [3.8, 4) is 0 Å². The Morgan fingerprint density at radius 1 is 0.929 bits per heavy atom. The van der Waals surface area contributed by atoms with Gasteiger partial charge in [-0.3, -0.25) is 0 Å². The molecule has 0 aliphatic carbocycles. The standard InChI is InChI=1S/C22H43N3O2S/c1-2-3-4-5-6-7-8-9-10-11-12-13-14-15-19-28-20-21(24)22(26)27-25-18-16-17-23/h16-18,21H,2-15,19-20,23-24H2,1H3/b17-16-,25-18+. The molecule has 0 aliphatic heterocycles. The SMILES string of the molecule is CCCCCCCCCCCCCCCCSCC(N)C(=O)O/N=C/C=C\N. The summed E-state index contributed by atoms with van der Waals surface area (Å²) in [6, 6.07) is -0.629. The minimum atomic E-state index is -0.629. The summed E-state index contributed by atoms with van der Waals surface area (Å²) in [6.45, 7) is 2.27. The molecule has 0 fully saturated rings. The van der Waals surface area contributed by atoms with Crippen molar-refractivity contribution in [3.05, 3.63) is 12.3 Å². The lowest BCUT2D eigenvalue weighted by Gasteiger charge is -2.07. The lowest BCUT2D eigenvalue weighted by Crippen LogP contribution is -2.33. The van der Waals surface area contributed by atoms with Crippen LogP contribution in [0.3, 0.4) is 0 Å². The first-order chi connectivity index (χ1) is 13.7. The molecule has 28 heavy (non-hydrogen) atoms. The van der Waals surface area contributed by atoms with Crippen LogP contribution in [0.1, 0.15) is 96.8 Å². The number of hydrogen-bond donors (Lipinski definition) is 2. The smallest absolute Gasteiger partial charge is 0.352 e. The molecule has 5 nitrogen and oxygen atoms in total. The highest BCUT2D eigenvalue weighted by Crippen LogP contribution is 2.14. The van der Waals surface area contributed by atoms with Crippen LogP contribution in [-0.2, 0) is 9.63 Å². The number of nitrogens with zero attached hydrogens (tertiary/aromatic N) is 1. The van der Waals surface area contributed by atoms with Crippen molar-refractivity contribution >= 4 is 23.9 Å².